The zero-order chi connectivity index (χ0) is 9.84. The third-order valence-corrected chi connectivity index (χ3v) is 1.88. The van der Waals surface area contributed by atoms with Crippen LogP contribution in [0.2, 0.25) is 0 Å². The van der Waals surface area contributed by atoms with E-state index in [1.165, 1.54) is 11.1 Å². The van der Waals surface area contributed by atoms with Crippen molar-refractivity contribution in [2.24, 2.45) is 5.92 Å². The third-order valence-electron chi connectivity index (χ3n) is 1.88. The van der Waals surface area contributed by atoms with Gasteiger partial charge in [-0.2, -0.15) is 18.2 Å². The summed E-state index contributed by atoms with van der Waals surface area (Å²) in [6, 6.07) is 7.00. The fraction of sp³-hybridized carbons (Fsp3) is 0.500. The van der Waals surface area contributed by atoms with Crippen molar-refractivity contribution in [2.45, 2.75) is 27.7 Å². The van der Waals surface area contributed by atoms with Crippen LogP contribution in [0.15, 0.2) is 12.1 Å². The first kappa shape index (κ1) is 17.7. The third kappa shape index (κ3) is 5.78. The second-order valence-electron chi connectivity index (χ2n) is 3.86. The van der Waals surface area contributed by atoms with Gasteiger partial charge in [0.25, 0.3) is 0 Å². The van der Waals surface area contributed by atoms with Crippen molar-refractivity contribution in [3.8, 4) is 5.75 Å². The molecule has 0 saturated heterocycles. The first-order chi connectivity index (χ1) is 6.11. The van der Waals surface area contributed by atoms with Crippen LogP contribution in [0.4, 0.5) is 0 Å². The van der Waals surface area contributed by atoms with Crippen molar-refractivity contribution < 1.29 is 21.7 Å². The van der Waals surface area contributed by atoms with Gasteiger partial charge in [0.15, 0.2) is 0 Å². The Labute approximate surface area is 120 Å². The standard InChI is InChI=1S/C12H17O.BrH.Mg/c1-9(2)8-13-12-10(3)6-5-7-11(12)4;;/h6-7,9H,8H2,1-4H3;1H;/q-1;;+2/p-1. The molecule has 0 bridgehead atoms. The van der Waals surface area contributed by atoms with Gasteiger partial charge in [-0.05, 0) is 5.92 Å². The second kappa shape index (κ2) is 8.42. The average Bonchev–Trinajstić information content (AvgIpc) is 2.03. The van der Waals surface area contributed by atoms with E-state index in [9.17, 15) is 0 Å². The van der Waals surface area contributed by atoms with E-state index in [-0.39, 0.29) is 40.0 Å². The maximum absolute atomic E-state index is 5.71. The van der Waals surface area contributed by atoms with Crippen molar-refractivity contribution >= 4 is 23.1 Å². The molecule has 0 amide bonds. The smallest absolute Gasteiger partial charge is 1.00 e. The summed E-state index contributed by atoms with van der Waals surface area (Å²) in [5.74, 6) is 1.59. The van der Waals surface area contributed by atoms with Crippen LogP contribution < -0.4 is 21.7 Å². The Morgan fingerprint density at radius 2 is 1.67 bits per heavy atom. The van der Waals surface area contributed by atoms with Crippen molar-refractivity contribution in [3.05, 3.63) is 29.3 Å². The Bertz CT molecular complexity index is 267. The van der Waals surface area contributed by atoms with Crippen molar-refractivity contribution in [1.29, 1.82) is 0 Å². The predicted octanol–water partition coefficient (Wildman–Crippen LogP) is -0.238. The first-order valence-corrected chi connectivity index (χ1v) is 4.71. The Morgan fingerprint density at radius 3 is 2.07 bits per heavy atom. The molecule has 0 heterocycles. The van der Waals surface area contributed by atoms with E-state index in [2.05, 4.69) is 33.8 Å². The van der Waals surface area contributed by atoms with Crippen LogP contribution in [-0.2, 0) is 0 Å². The minimum absolute atomic E-state index is 0. The van der Waals surface area contributed by atoms with E-state index in [1.54, 1.807) is 0 Å². The molecule has 3 heteroatoms. The summed E-state index contributed by atoms with van der Waals surface area (Å²) in [7, 11) is 0. The Balaban J connectivity index is 0. The molecule has 80 valence electrons. The number of benzene rings is 1. The number of hydrogen-bond acceptors (Lipinski definition) is 1. The fourth-order valence-electron chi connectivity index (χ4n) is 1.21. The molecule has 0 atom stereocenters. The summed E-state index contributed by atoms with van der Waals surface area (Å²) < 4.78 is 5.71. The molecule has 0 fully saturated rings. The molecular weight excluding hydrogens is 264 g/mol. The normalized spacial score (nSPS) is 9.13. The van der Waals surface area contributed by atoms with Gasteiger partial charge in [0.05, 0.1) is 6.61 Å². The summed E-state index contributed by atoms with van der Waals surface area (Å²) in [5, 5.41) is 0. The molecule has 0 radical (unpaired) electrons. The van der Waals surface area contributed by atoms with Crippen molar-refractivity contribution in [3.63, 3.8) is 0 Å². The Morgan fingerprint density at radius 1 is 1.20 bits per heavy atom. The van der Waals surface area contributed by atoms with Crippen molar-refractivity contribution in [2.75, 3.05) is 6.61 Å². The van der Waals surface area contributed by atoms with Gasteiger partial charge < -0.3 is 21.7 Å². The van der Waals surface area contributed by atoms with Gasteiger partial charge in [-0.1, -0.05) is 27.7 Å². The maximum Gasteiger partial charge on any atom is 2.00 e. The van der Waals surface area contributed by atoms with E-state index in [1.807, 2.05) is 12.1 Å². The van der Waals surface area contributed by atoms with Gasteiger partial charge in [0.1, 0.15) is 0 Å². The monoisotopic (exact) mass is 280 g/mol. The number of hydrogen-bond donors (Lipinski definition) is 0. The number of aryl methyl sites for hydroxylation is 2. The summed E-state index contributed by atoms with van der Waals surface area (Å²) in [6.07, 6.45) is 0. The molecule has 0 aromatic heterocycles. The maximum atomic E-state index is 5.71. The van der Waals surface area contributed by atoms with Crippen LogP contribution in [0.5, 0.6) is 5.75 Å². The van der Waals surface area contributed by atoms with E-state index >= 15 is 0 Å². The fourth-order valence-corrected chi connectivity index (χ4v) is 1.21. The minimum atomic E-state index is 0. The van der Waals surface area contributed by atoms with E-state index < -0.39 is 0 Å². The molecule has 1 nitrogen and oxygen atoms in total. The average molecular weight is 281 g/mol. The number of ether oxygens (including phenoxy) is 1. The van der Waals surface area contributed by atoms with Crippen molar-refractivity contribution in [1.82, 2.24) is 0 Å². The van der Waals surface area contributed by atoms with Gasteiger partial charge in [-0.25, -0.2) is 0 Å². The Hall–Kier alpha value is 0.266. The molecule has 0 aliphatic carbocycles. The molecule has 1 aromatic carbocycles. The molecule has 0 spiro atoms. The molecule has 0 saturated carbocycles. The largest absolute Gasteiger partial charge is 2.00 e. The number of rotatable bonds is 3. The van der Waals surface area contributed by atoms with Crippen LogP contribution in [0.25, 0.3) is 0 Å². The van der Waals surface area contributed by atoms with Crippen LogP contribution in [-0.4, -0.2) is 29.7 Å². The predicted molar refractivity (Wildman–Crippen MR) is 60.8 cm³/mol. The second-order valence-corrected chi connectivity index (χ2v) is 3.86. The zero-order valence-corrected chi connectivity index (χ0v) is 12.9. The molecule has 0 aliphatic rings. The topological polar surface area (TPSA) is 9.23 Å². The number of halogens is 1. The van der Waals surface area contributed by atoms with Gasteiger partial charge in [-0.15, -0.1) is 11.1 Å². The SMILES string of the molecule is Cc1c[c-]cc(C)c1OCC(C)C.[Br-].[Mg+2]. The molecule has 15 heavy (non-hydrogen) atoms. The summed E-state index contributed by atoms with van der Waals surface area (Å²) in [6.45, 7) is 9.20. The van der Waals surface area contributed by atoms with Crippen LogP contribution >= 0.6 is 0 Å². The summed E-state index contributed by atoms with van der Waals surface area (Å²) in [4.78, 5) is 0. The van der Waals surface area contributed by atoms with Gasteiger partial charge in [0, 0.05) is 5.75 Å². The Kier molecular flexibility index (Phi) is 9.91. The summed E-state index contributed by atoms with van der Waals surface area (Å²) >= 11 is 0. The van der Waals surface area contributed by atoms with Gasteiger partial charge >= 0.3 is 23.1 Å². The molecular formula is C12H17BrMgO. The van der Waals surface area contributed by atoms with E-state index in [4.69, 9.17) is 4.74 Å². The van der Waals surface area contributed by atoms with E-state index in [0.29, 0.717) is 5.92 Å². The van der Waals surface area contributed by atoms with Crippen LogP contribution in [0, 0.1) is 25.8 Å². The van der Waals surface area contributed by atoms with Gasteiger partial charge in [-0.3, -0.25) is 0 Å². The molecule has 1 rings (SSSR count). The van der Waals surface area contributed by atoms with Crippen LogP contribution in [0.3, 0.4) is 0 Å². The molecule has 1 aromatic rings. The van der Waals surface area contributed by atoms with E-state index in [0.717, 1.165) is 12.4 Å². The molecule has 0 unspecified atom stereocenters. The quantitative estimate of drug-likeness (QED) is 0.549. The first-order valence-electron chi connectivity index (χ1n) is 4.71. The zero-order valence-electron chi connectivity index (χ0n) is 9.93. The summed E-state index contributed by atoms with van der Waals surface area (Å²) in [5.41, 5.74) is 2.33. The molecule has 0 N–H and O–H groups in total. The van der Waals surface area contributed by atoms with Crippen LogP contribution in [0.1, 0.15) is 25.0 Å². The minimum Gasteiger partial charge on any atom is -1.00 e. The van der Waals surface area contributed by atoms with Gasteiger partial charge in [0.2, 0.25) is 0 Å². The molecule has 0 aliphatic heterocycles.